The van der Waals surface area contributed by atoms with Gasteiger partial charge in [-0.2, -0.15) is 4.98 Å². The third-order valence-corrected chi connectivity index (χ3v) is 4.04. The Morgan fingerprint density at radius 2 is 1.77 bits per heavy atom. The molecule has 0 unspecified atom stereocenters. The van der Waals surface area contributed by atoms with Crippen LogP contribution in [0.15, 0.2) is 48.5 Å². The molecular weight excluding hydrogens is 371 g/mol. The summed E-state index contributed by atoms with van der Waals surface area (Å²) in [5.41, 5.74) is 2.28. The first-order valence-electron chi connectivity index (χ1n) is 8.12. The molecule has 134 valence electrons. The topological polar surface area (TPSA) is 59.1 Å². The highest BCUT2D eigenvalue weighted by molar-refractivity contribution is 6.35. The second-order valence-corrected chi connectivity index (χ2v) is 6.37. The molecule has 0 aliphatic heterocycles. The molecule has 1 aromatic heterocycles. The summed E-state index contributed by atoms with van der Waals surface area (Å²) in [6.07, 6.45) is 0. The van der Waals surface area contributed by atoms with Crippen LogP contribution in [0.25, 0.3) is 0 Å². The molecule has 0 atom stereocenters. The smallest absolute Gasteiger partial charge is 0.229 e. The van der Waals surface area contributed by atoms with Gasteiger partial charge >= 0.3 is 0 Å². The summed E-state index contributed by atoms with van der Waals surface area (Å²) in [4.78, 5) is 8.94. The van der Waals surface area contributed by atoms with Crippen LogP contribution in [0.5, 0.6) is 5.75 Å². The van der Waals surface area contributed by atoms with E-state index in [1.165, 1.54) is 0 Å². The van der Waals surface area contributed by atoms with Crippen LogP contribution in [0.2, 0.25) is 10.0 Å². The molecule has 0 fully saturated rings. The van der Waals surface area contributed by atoms with Crippen molar-refractivity contribution >= 4 is 46.3 Å². The zero-order valence-corrected chi connectivity index (χ0v) is 15.9. The fraction of sp³-hybridized carbons (Fsp3) is 0.158. The van der Waals surface area contributed by atoms with Crippen molar-refractivity contribution in [1.29, 1.82) is 0 Å². The molecule has 0 spiro atoms. The van der Waals surface area contributed by atoms with Crippen LogP contribution < -0.4 is 15.4 Å². The molecule has 1 heterocycles. The standard InChI is InChI=1S/C19H18Cl2N4O/c1-3-26-17-7-5-4-6-15(17)24-19-22-12(2)10-18(25-19)23-16-11-13(20)8-9-14(16)21/h4-11H,3H2,1-2H3,(H2,22,23,24,25). The Kier molecular flexibility index (Phi) is 5.81. The van der Waals surface area contributed by atoms with Crippen LogP contribution in [-0.4, -0.2) is 16.6 Å². The Balaban J connectivity index is 1.87. The Morgan fingerprint density at radius 1 is 0.962 bits per heavy atom. The van der Waals surface area contributed by atoms with Crippen molar-refractivity contribution in [3.05, 3.63) is 64.3 Å². The fourth-order valence-electron chi connectivity index (χ4n) is 2.39. The van der Waals surface area contributed by atoms with E-state index in [0.717, 1.165) is 17.1 Å². The molecule has 0 saturated carbocycles. The molecule has 5 nitrogen and oxygen atoms in total. The first-order valence-corrected chi connectivity index (χ1v) is 8.87. The summed E-state index contributed by atoms with van der Waals surface area (Å²) in [7, 11) is 0. The number of halogens is 2. The van der Waals surface area contributed by atoms with E-state index in [0.29, 0.717) is 34.1 Å². The number of aromatic nitrogens is 2. The number of rotatable bonds is 6. The van der Waals surface area contributed by atoms with Gasteiger partial charge in [-0.25, -0.2) is 4.98 Å². The minimum absolute atomic E-state index is 0.456. The third kappa shape index (κ3) is 4.56. The summed E-state index contributed by atoms with van der Waals surface area (Å²) in [6.45, 7) is 4.41. The number of hydrogen-bond donors (Lipinski definition) is 2. The summed E-state index contributed by atoms with van der Waals surface area (Å²) in [6, 6.07) is 14.7. The van der Waals surface area contributed by atoms with E-state index in [2.05, 4.69) is 20.6 Å². The molecule has 7 heteroatoms. The van der Waals surface area contributed by atoms with Gasteiger partial charge in [-0.05, 0) is 44.2 Å². The molecule has 3 aromatic rings. The number of para-hydroxylation sites is 2. The molecule has 26 heavy (non-hydrogen) atoms. The molecule has 2 N–H and O–H groups in total. The molecule has 0 amide bonds. The van der Waals surface area contributed by atoms with Crippen LogP contribution >= 0.6 is 23.2 Å². The zero-order valence-electron chi connectivity index (χ0n) is 14.4. The maximum Gasteiger partial charge on any atom is 0.229 e. The molecular formula is C19H18Cl2N4O. The number of aryl methyl sites for hydroxylation is 1. The van der Waals surface area contributed by atoms with Gasteiger partial charge in [0.15, 0.2) is 0 Å². The van der Waals surface area contributed by atoms with Gasteiger partial charge in [-0.3, -0.25) is 0 Å². The van der Waals surface area contributed by atoms with Gasteiger partial charge in [0, 0.05) is 16.8 Å². The second-order valence-electron chi connectivity index (χ2n) is 5.52. The van der Waals surface area contributed by atoms with Gasteiger partial charge in [-0.15, -0.1) is 0 Å². The SMILES string of the molecule is CCOc1ccccc1Nc1nc(C)cc(Nc2cc(Cl)ccc2Cl)n1. The maximum absolute atomic E-state index is 6.21. The average molecular weight is 389 g/mol. The minimum atomic E-state index is 0.456. The largest absolute Gasteiger partial charge is 0.492 e. The second kappa shape index (κ2) is 8.25. The number of ether oxygens (including phenoxy) is 1. The van der Waals surface area contributed by atoms with Crippen molar-refractivity contribution in [2.75, 3.05) is 17.2 Å². The Bertz CT molecular complexity index is 918. The van der Waals surface area contributed by atoms with Crippen molar-refractivity contribution in [3.8, 4) is 5.75 Å². The van der Waals surface area contributed by atoms with Crippen LogP contribution in [0, 0.1) is 6.92 Å². The third-order valence-electron chi connectivity index (χ3n) is 3.48. The quantitative estimate of drug-likeness (QED) is 0.543. The number of benzene rings is 2. The number of hydrogen-bond acceptors (Lipinski definition) is 5. The monoisotopic (exact) mass is 388 g/mol. The van der Waals surface area contributed by atoms with E-state index in [1.54, 1.807) is 18.2 Å². The minimum Gasteiger partial charge on any atom is -0.492 e. The molecule has 2 aromatic carbocycles. The lowest BCUT2D eigenvalue weighted by Gasteiger charge is -2.13. The van der Waals surface area contributed by atoms with E-state index < -0.39 is 0 Å². The predicted octanol–water partition coefficient (Wildman–Crippen LogP) is 5.98. The summed E-state index contributed by atoms with van der Waals surface area (Å²) >= 11 is 12.3. The van der Waals surface area contributed by atoms with Crippen LogP contribution in [-0.2, 0) is 0 Å². The van der Waals surface area contributed by atoms with Crippen LogP contribution in [0.3, 0.4) is 0 Å². The molecule has 0 aliphatic rings. The van der Waals surface area contributed by atoms with Gasteiger partial charge in [-0.1, -0.05) is 35.3 Å². The number of anilines is 4. The van der Waals surface area contributed by atoms with Crippen molar-refractivity contribution in [1.82, 2.24) is 9.97 Å². The van der Waals surface area contributed by atoms with E-state index in [1.807, 2.05) is 44.2 Å². The highest BCUT2D eigenvalue weighted by Crippen LogP contribution is 2.30. The summed E-state index contributed by atoms with van der Waals surface area (Å²) in [5.74, 6) is 1.81. The fourth-order valence-corrected chi connectivity index (χ4v) is 2.73. The van der Waals surface area contributed by atoms with Crippen LogP contribution in [0.4, 0.5) is 23.1 Å². The van der Waals surface area contributed by atoms with Gasteiger partial charge in [0.25, 0.3) is 0 Å². The van der Waals surface area contributed by atoms with Crippen molar-refractivity contribution < 1.29 is 4.74 Å². The number of nitrogens with one attached hydrogen (secondary N) is 2. The maximum atomic E-state index is 6.21. The van der Waals surface area contributed by atoms with Crippen molar-refractivity contribution in [2.45, 2.75) is 13.8 Å². The van der Waals surface area contributed by atoms with E-state index in [4.69, 9.17) is 27.9 Å². The highest BCUT2D eigenvalue weighted by atomic mass is 35.5. The predicted molar refractivity (Wildman–Crippen MR) is 107 cm³/mol. The first-order chi connectivity index (χ1) is 12.5. The average Bonchev–Trinajstić information content (AvgIpc) is 2.60. The molecule has 0 bridgehead atoms. The van der Waals surface area contributed by atoms with Crippen LogP contribution in [0.1, 0.15) is 12.6 Å². The van der Waals surface area contributed by atoms with Gasteiger partial charge < -0.3 is 15.4 Å². The lowest BCUT2D eigenvalue weighted by atomic mass is 10.3. The van der Waals surface area contributed by atoms with E-state index in [-0.39, 0.29) is 0 Å². The molecule has 0 saturated heterocycles. The molecule has 3 rings (SSSR count). The van der Waals surface area contributed by atoms with Gasteiger partial charge in [0.2, 0.25) is 5.95 Å². The Hall–Kier alpha value is -2.50. The summed E-state index contributed by atoms with van der Waals surface area (Å²) < 4.78 is 5.63. The molecule has 0 aliphatic carbocycles. The van der Waals surface area contributed by atoms with Gasteiger partial charge in [0.1, 0.15) is 11.6 Å². The normalized spacial score (nSPS) is 10.5. The van der Waals surface area contributed by atoms with E-state index >= 15 is 0 Å². The Labute approximate surface area is 162 Å². The lowest BCUT2D eigenvalue weighted by molar-refractivity contribution is 0.342. The number of nitrogens with zero attached hydrogens (tertiary/aromatic N) is 2. The highest BCUT2D eigenvalue weighted by Gasteiger charge is 2.09. The Morgan fingerprint density at radius 3 is 2.58 bits per heavy atom. The molecule has 0 radical (unpaired) electrons. The van der Waals surface area contributed by atoms with E-state index in [9.17, 15) is 0 Å². The first kappa shape index (κ1) is 18.3. The van der Waals surface area contributed by atoms with Gasteiger partial charge in [0.05, 0.1) is 23.0 Å². The summed E-state index contributed by atoms with van der Waals surface area (Å²) in [5, 5.41) is 7.53. The zero-order chi connectivity index (χ0) is 18.5. The lowest BCUT2D eigenvalue weighted by Crippen LogP contribution is -2.04. The van der Waals surface area contributed by atoms with Crippen molar-refractivity contribution in [2.24, 2.45) is 0 Å². The van der Waals surface area contributed by atoms with Crippen molar-refractivity contribution in [3.63, 3.8) is 0 Å².